The normalized spacial score (nSPS) is 17.5. The number of nitrogens with one attached hydrogen (secondary N) is 1. The van der Waals surface area contributed by atoms with Crippen LogP contribution in [0, 0.1) is 5.92 Å². The van der Waals surface area contributed by atoms with Gasteiger partial charge in [0.15, 0.2) is 0 Å². The first-order chi connectivity index (χ1) is 10.7. The summed E-state index contributed by atoms with van der Waals surface area (Å²) in [5.41, 5.74) is 9.34. The molecule has 2 aromatic rings. The van der Waals surface area contributed by atoms with E-state index in [0.717, 1.165) is 30.8 Å². The Morgan fingerprint density at radius 2 is 2.32 bits per heavy atom. The predicted octanol–water partition coefficient (Wildman–Crippen LogP) is 2.49. The Hall–Kier alpha value is -1.52. The second kappa shape index (κ2) is 6.31. The van der Waals surface area contributed by atoms with Crippen LogP contribution in [0.3, 0.4) is 0 Å². The number of benzene rings is 1. The lowest BCUT2D eigenvalue weighted by molar-refractivity contribution is -0.125. The van der Waals surface area contributed by atoms with Gasteiger partial charge in [-0.15, -0.1) is 0 Å². The number of hydrogen-bond donors (Lipinski definition) is 2. The maximum atomic E-state index is 12.2. The number of nitrogens with zero attached hydrogens (tertiary/aromatic N) is 1. The molecule has 0 saturated carbocycles. The van der Waals surface area contributed by atoms with E-state index in [2.05, 4.69) is 22.9 Å². The standard InChI is InChI=1S/C17H22ClN3O/c1-2-21-15-5-3-11(17(22)20-8-7-19)9-13(15)14-10-12(18)4-6-16(14)21/h4,6,10-11H,2-3,5,7-9,19H2,1H3,(H,20,22). The zero-order valence-electron chi connectivity index (χ0n) is 12.9. The Labute approximate surface area is 135 Å². The fourth-order valence-electron chi connectivity index (χ4n) is 3.55. The molecule has 0 bridgehead atoms. The van der Waals surface area contributed by atoms with Crippen molar-refractivity contribution >= 4 is 28.4 Å². The SMILES string of the molecule is CCn1c2c(c3cc(Cl)ccc31)CC(C(=O)NCCN)CC2. The molecular formula is C17H22ClN3O. The summed E-state index contributed by atoms with van der Waals surface area (Å²) >= 11 is 6.18. The molecule has 0 radical (unpaired) electrons. The quantitative estimate of drug-likeness (QED) is 0.909. The molecule has 0 aliphatic heterocycles. The summed E-state index contributed by atoms with van der Waals surface area (Å²) in [6.07, 6.45) is 2.62. The van der Waals surface area contributed by atoms with E-state index in [4.69, 9.17) is 17.3 Å². The van der Waals surface area contributed by atoms with Crippen molar-refractivity contribution in [3.8, 4) is 0 Å². The van der Waals surface area contributed by atoms with Gasteiger partial charge in [-0.05, 0) is 49.9 Å². The Kier molecular flexibility index (Phi) is 4.41. The van der Waals surface area contributed by atoms with E-state index >= 15 is 0 Å². The molecule has 4 nitrogen and oxygen atoms in total. The first-order valence-electron chi connectivity index (χ1n) is 7.93. The van der Waals surface area contributed by atoms with E-state index in [0.29, 0.717) is 13.1 Å². The third-order valence-corrected chi connectivity index (χ3v) is 4.79. The minimum absolute atomic E-state index is 0.0361. The molecule has 3 rings (SSSR count). The Morgan fingerprint density at radius 3 is 3.05 bits per heavy atom. The van der Waals surface area contributed by atoms with Gasteiger partial charge in [0.2, 0.25) is 5.91 Å². The second-order valence-electron chi connectivity index (χ2n) is 5.85. The number of fused-ring (bicyclic) bond motifs is 3. The molecule has 1 aromatic heterocycles. The summed E-state index contributed by atoms with van der Waals surface area (Å²) in [6, 6.07) is 6.05. The summed E-state index contributed by atoms with van der Waals surface area (Å²) in [7, 11) is 0. The number of carbonyl (C=O) groups excluding carboxylic acids is 1. The second-order valence-corrected chi connectivity index (χ2v) is 6.29. The van der Waals surface area contributed by atoms with Crippen molar-refractivity contribution in [2.45, 2.75) is 32.7 Å². The molecule has 118 valence electrons. The van der Waals surface area contributed by atoms with Gasteiger partial charge in [0, 0.05) is 47.2 Å². The van der Waals surface area contributed by atoms with Crippen molar-refractivity contribution in [3.05, 3.63) is 34.5 Å². The van der Waals surface area contributed by atoms with Crippen LogP contribution in [0.5, 0.6) is 0 Å². The molecular weight excluding hydrogens is 298 g/mol. The number of rotatable bonds is 4. The first-order valence-corrected chi connectivity index (χ1v) is 8.30. The van der Waals surface area contributed by atoms with Gasteiger partial charge >= 0.3 is 0 Å². The predicted molar refractivity (Wildman–Crippen MR) is 90.2 cm³/mol. The van der Waals surface area contributed by atoms with Gasteiger partial charge in [-0.2, -0.15) is 0 Å². The molecule has 22 heavy (non-hydrogen) atoms. The lowest BCUT2D eigenvalue weighted by Gasteiger charge is -2.23. The highest BCUT2D eigenvalue weighted by molar-refractivity contribution is 6.31. The molecule has 1 atom stereocenters. The molecule has 0 fully saturated rings. The summed E-state index contributed by atoms with van der Waals surface area (Å²) in [4.78, 5) is 12.2. The Balaban J connectivity index is 1.98. The van der Waals surface area contributed by atoms with Gasteiger partial charge in [0.1, 0.15) is 0 Å². The third kappa shape index (κ3) is 2.61. The van der Waals surface area contributed by atoms with Crippen LogP contribution in [-0.2, 0) is 24.2 Å². The van der Waals surface area contributed by atoms with Crippen LogP contribution in [0.2, 0.25) is 5.02 Å². The van der Waals surface area contributed by atoms with E-state index in [1.165, 1.54) is 22.2 Å². The largest absolute Gasteiger partial charge is 0.355 e. The van der Waals surface area contributed by atoms with E-state index in [9.17, 15) is 4.79 Å². The third-order valence-electron chi connectivity index (χ3n) is 4.56. The van der Waals surface area contributed by atoms with Crippen molar-refractivity contribution in [2.75, 3.05) is 13.1 Å². The van der Waals surface area contributed by atoms with Crippen LogP contribution in [0.25, 0.3) is 10.9 Å². The number of aromatic nitrogens is 1. The average Bonchev–Trinajstić information content (AvgIpc) is 2.84. The highest BCUT2D eigenvalue weighted by atomic mass is 35.5. The van der Waals surface area contributed by atoms with Crippen LogP contribution in [-0.4, -0.2) is 23.6 Å². The highest BCUT2D eigenvalue weighted by Gasteiger charge is 2.28. The molecule has 5 heteroatoms. The molecule has 3 N–H and O–H groups in total. The van der Waals surface area contributed by atoms with E-state index in [1.54, 1.807) is 0 Å². The van der Waals surface area contributed by atoms with Crippen LogP contribution in [0.1, 0.15) is 24.6 Å². The molecule has 1 aromatic carbocycles. The van der Waals surface area contributed by atoms with E-state index in [-0.39, 0.29) is 11.8 Å². The topological polar surface area (TPSA) is 60.0 Å². The molecule has 1 heterocycles. The average molecular weight is 320 g/mol. The molecule has 1 amide bonds. The molecule has 0 saturated heterocycles. The fourth-order valence-corrected chi connectivity index (χ4v) is 3.72. The highest BCUT2D eigenvalue weighted by Crippen LogP contribution is 2.35. The van der Waals surface area contributed by atoms with Crippen molar-refractivity contribution in [2.24, 2.45) is 11.7 Å². The van der Waals surface area contributed by atoms with Gasteiger partial charge in [-0.25, -0.2) is 0 Å². The number of carbonyl (C=O) groups is 1. The van der Waals surface area contributed by atoms with Crippen LogP contribution >= 0.6 is 11.6 Å². The zero-order valence-corrected chi connectivity index (χ0v) is 13.6. The van der Waals surface area contributed by atoms with Gasteiger partial charge < -0.3 is 15.6 Å². The molecule has 0 spiro atoms. The van der Waals surface area contributed by atoms with Gasteiger partial charge in [0.25, 0.3) is 0 Å². The van der Waals surface area contributed by atoms with Crippen molar-refractivity contribution in [3.63, 3.8) is 0 Å². The van der Waals surface area contributed by atoms with Crippen molar-refractivity contribution in [1.82, 2.24) is 9.88 Å². The monoisotopic (exact) mass is 319 g/mol. The van der Waals surface area contributed by atoms with E-state index < -0.39 is 0 Å². The number of nitrogens with two attached hydrogens (primary N) is 1. The fraction of sp³-hybridized carbons (Fsp3) is 0.471. The van der Waals surface area contributed by atoms with Crippen LogP contribution in [0.15, 0.2) is 18.2 Å². The van der Waals surface area contributed by atoms with Gasteiger partial charge in [-0.1, -0.05) is 11.6 Å². The summed E-state index contributed by atoms with van der Waals surface area (Å²) < 4.78 is 2.36. The Morgan fingerprint density at radius 1 is 1.50 bits per heavy atom. The number of hydrogen-bond acceptors (Lipinski definition) is 2. The summed E-state index contributed by atoms with van der Waals surface area (Å²) in [5.74, 6) is 0.157. The maximum Gasteiger partial charge on any atom is 0.223 e. The van der Waals surface area contributed by atoms with Gasteiger partial charge in [-0.3, -0.25) is 4.79 Å². The van der Waals surface area contributed by atoms with Gasteiger partial charge in [0.05, 0.1) is 0 Å². The zero-order chi connectivity index (χ0) is 15.7. The smallest absolute Gasteiger partial charge is 0.223 e. The van der Waals surface area contributed by atoms with Crippen molar-refractivity contribution < 1.29 is 4.79 Å². The summed E-state index contributed by atoms with van der Waals surface area (Å²) in [6.45, 7) is 4.13. The first kappa shape index (κ1) is 15.4. The number of amides is 1. The Bertz CT molecular complexity index is 707. The minimum Gasteiger partial charge on any atom is -0.355 e. The lowest BCUT2D eigenvalue weighted by Crippen LogP contribution is -2.36. The molecule has 1 aliphatic carbocycles. The number of halogens is 1. The van der Waals surface area contributed by atoms with E-state index in [1.807, 2.05) is 12.1 Å². The van der Waals surface area contributed by atoms with Crippen LogP contribution < -0.4 is 11.1 Å². The molecule has 1 unspecified atom stereocenters. The maximum absolute atomic E-state index is 12.2. The van der Waals surface area contributed by atoms with Crippen molar-refractivity contribution in [1.29, 1.82) is 0 Å². The molecule has 1 aliphatic rings. The number of aryl methyl sites for hydroxylation is 1. The minimum atomic E-state index is 0.0361. The van der Waals surface area contributed by atoms with Crippen LogP contribution in [0.4, 0.5) is 0 Å². The summed E-state index contributed by atoms with van der Waals surface area (Å²) in [5, 5.41) is 4.86. The lowest BCUT2D eigenvalue weighted by atomic mass is 9.85.